The molecule has 2 unspecified atom stereocenters. The Morgan fingerprint density at radius 1 is 1.15 bits per heavy atom. The number of hydrogen-bond acceptors (Lipinski definition) is 3. The first-order chi connectivity index (χ1) is 9.49. The maximum atomic E-state index is 12.5. The van der Waals surface area contributed by atoms with E-state index in [0.29, 0.717) is 19.6 Å². The Balaban J connectivity index is 1.99. The van der Waals surface area contributed by atoms with Crippen molar-refractivity contribution in [1.82, 2.24) is 9.80 Å². The molecule has 2 aliphatic heterocycles. The number of nitrogens with zero attached hydrogens (tertiary/aromatic N) is 2. The van der Waals surface area contributed by atoms with Crippen LogP contribution < -0.4 is 5.73 Å². The van der Waals surface area contributed by atoms with E-state index in [1.165, 1.54) is 4.90 Å². The summed E-state index contributed by atoms with van der Waals surface area (Å²) < 4.78 is 0. The number of carbonyl (C=O) groups is 3. The number of carboxylic acid groups (broad SMARTS) is 1. The molecule has 2 atom stereocenters. The zero-order valence-corrected chi connectivity index (χ0v) is 11.5. The highest BCUT2D eigenvalue weighted by atomic mass is 16.4. The number of carboxylic acids is 1. The van der Waals surface area contributed by atoms with E-state index in [-0.39, 0.29) is 24.3 Å². The van der Waals surface area contributed by atoms with Crippen molar-refractivity contribution in [3.8, 4) is 0 Å². The lowest BCUT2D eigenvalue weighted by atomic mass is 9.96. The number of hydrogen-bond donors (Lipinski definition) is 2. The van der Waals surface area contributed by atoms with Crippen LogP contribution in [-0.4, -0.2) is 58.5 Å². The van der Waals surface area contributed by atoms with Crippen LogP contribution in [0.25, 0.3) is 0 Å². The number of rotatable bonds is 3. The predicted octanol–water partition coefficient (Wildman–Crippen LogP) is 0.243. The smallest absolute Gasteiger partial charge is 0.314 e. The largest absolute Gasteiger partial charge is 0.481 e. The summed E-state index contributed by atoms with van der Waals surface area (Å²) in [5, 5.41) is 8.89. The molecule has 2 fully saturated rings. The summed E-state index contributed by atoms with van der Waals surface area (Å²) in [5.41, 5.74) is 5.26. The van der Waals surface area contributed by atoms with Gasteiger partial charge in [0.1, 0.15) is 0 Å². The third kappa shape index (κ3) is 3.20. The summed E-state index contributed by atoms with van der Waals surface area (Å²) in [5.74, 6) is -1.15. The Bertz CT molecular complexity index is 412. The van der Waals surface area contributed by atoms with E-state index < -0.39 is 12.0 Å². The number of carbonyl (C=O) groups excluding carboxylic acids is 2. The summed E-state index contributed by atoms with van der Waals surface area (Å²) >= 11 is 0. The van der Waals surface area contributed by atoms with Gasteiger partial charge in [-0.25, -0.2) is 4.79 Å². The van der Waals surface area contributed by atoms with E-state index in [9.17, 15) is 14.4 Å². The minimum atomic E-state index is -0.878. The van der Waals surface area contributed by atoms with E-state index in [1.807, 2.05) is 0 Å². The minimum Gasteiger partial charge on any atom is -0.481 e. The number of primary amides is 1. The second-order valence-electron chi connectivity index (χ2n) is 5.55. The van der Waals surface area contributed by atoms with Gasteiger partial charge in [0.15, 0.2) is 0 Å². The van der Waals surface area contributed by atoms with Gasteiger partial charge in [-0.15, -0.1) is 0 Å². The minimum absolute atomic E-state index is 0.00199. The highest BCUT2D eigenvalue weighted by Gasteiger charge is 2.36. The lowest BCUT2D eigenvalue weighted by molar-refractivity contribution is -0.141. The highest BCUT2D eigenvalue weighted by molar-refractivity contribution is 5.81. The second-order valence-corrected chi connectivity index (χ2v) is 5.55. The molecule has 2 heterocycles. The van der Waals surface area contributed by atoms with Crippen LogP contribution in [0.3, 0.4) is 0 Å². The van der Waals surface area contributed by atoms with E-state index in [2.05, 4.69) is 0 Å². The molecule has 20 heavy (non-hydrogen) atoms. The average molecular weight is 283 g/mol. The van der Waals surface area contributed by atoms with Crippen LogP contribution in [0.2, 0.25) is 0 Å². The lowest BCUT2D eigenvalue weighted by Gasteiger charge is -2.34. The van der Waals surface area contributed by atoms with Gasteiger partial charge >= 0.3 is 12.0 Å². The molecule has 0 bridgehead atoms. The SMILES string of the molecule is NC(=O)N1CCCC(C(=O)N2CCCC2CC(=O)O)C1. The Kier molecular flexibility index (Phi) is 4.46. The molecule has 0 aromatic carbocycles. The van der Waals surface area contributed by atoms with Crippen molar-refractivity contribution < 1.29 is 19.5 Å². The molecule has 0 aliphatic carbocycles. The van der Waals surface area contributed by atoms with Gasteiger partial charge < -0.3 is 20.6 Å². The quantitative estimate of drug-likeness (QED) is 0.774. The van der Waals surface area contributed by atoms with E-state index in [0.717, 1.165) is 25.7 Å². The second kappa shape index (κ2) is 6.11. The van der Waals surface area contributed by atoms with Gasteiger partial charge in [-0.2, -0.15) is 0 Å². The standard InChI is InChI=1S/C13H21N3O4/c14-13(20)15-5-1-3-9(8-15)12(19)16-6-2-4-10(16)7-11(17)18/h9-10H,1-8H2,(H2,14,20)(H,17,18). The van der Waals surface area contributed by atoms with Crippen molar-refractivity contribution in [2.75, 3.05) is 19.6 Å². The molecule has 3 amide bonds. The Hall–Kier alpha value is -1.79. The zero-order chi connectivity index (χ0) is 14.7. The fraction of sp³-hybridized carbons (Fsp3) is 0.769. The molecule has 0 aromatic rings. The molecular formula is C13H21N3O4. The molecule has 0 saturated carbocycles. The van der Waals surface area contributed by atoms with E-state index >= 15 is 0 Å². The molecular weight excluding hydrogens is 262 g/mol. The van der Waals surface area contributed by atoms with Crippen molar-refractivity contribution in [3.05, 3.63) is 0 Å². The van der Waals surface area contributed by atoms with Gasteiger partial charge in [-0.3, -0.25) is 9.59 Å². The first kappa shape index (κ1) is 14.6. The van der Waals surface area contributed by atoms with Gasteiger partial charge in [-0.1, -0.05) is 0 Å². The lowest BCUT2D eigenvalue weighted by Crippen LogP contribution is -2.49. The number of aliphatic carboxylic acids is 1. The normalized spacial score (nSPS) is 26.6. The van der Waals surface area contributed by atoms with Gasteiger partial charge in [0.2, 0.25) is 5.91 Å². The van der Waals surface area contributed by atoms with Crippen LogP contribution in [0.15, 0.2) is 0 Å². The fourth-order valence-electron chi connectivity index (χ4n) is 3.15. The van der Waals surface area contributed by atoms with Gasteiger partial charge in [0.25, 0.3) is 0 Å². The Labute approximate surface area is 117 Å². The number of nitrogens with two attached hydrogens (primary N) is 1. The third-order valence-electron chi connectivity index (χ3n) is 4.15. The predicted molar refractivity (Wildman–Crippen MR) is 70.9 cm³/mol. The molecule has 112 valence electrons. The molecule has 0 radical (unpaired) electrons. The van der Waals surface area contributed by atoms with Crippen LogP contribution in [0.1, 0.15) is 32.1 Å². The number of likely N-dealkylation sites (tertiary alicyclic amines) is 2. The summed E-state index contributed by atoms with van der Waals surface area (Å²) in [6.45, 7) is 1.56. The topological polar surface area (TPSA) is 104 Å². The Morgan fingerprint density at radius 3 is 2.50 bits per heavy atom. The number of piperidine rings is 1. The molecule has 7 nitrogen and oxygen atoms in total. The number of amides is 3. The van der Waals surface area contributed by atoms with E-state index in [1.54, 1.807) is 4.90 Å². The summed E-state index contributed by atoms with van der Waals surface area (Å²) in [6.07, 6.45) is 3.08. The van der Waals surface area contributed by atoms with Crippen molar-refractivity contribution >= 4 is 17.9 Å². The first-order valence-corrected chi connectivity index (χ1v) is 7.05. The van der Waals surface area contributed by atoms with Crippen LogP contribution in [0, 0.1) is 5.92 Å². The van der Waals surface area contributed by atoms with E-state index in [4.69, 9.17) is 10.8 Å². The maximum absolute atomic E-state index is 12.5. The third-order valence-corrected chi connectivity index (χ3v) is 4.15. The monoisotopic (exact) mass is 283 g/mol. The van der Waals surface area contributed by atoms with Crippen molar-refractivity contribution in [2.24, 2.45) is 11.7 Å². The van der Waals surface area contributed by atoms with Crippen LogP contribution >= 0.6 is 0 Å². The molecule has 2 aliphatic rings. The van der Waals surface area contributed by atoms with Gasteiger partial charge in [-0.05, 0) is 25.7 Å². The zero-order valence-electron chi connectivity index (χ0n) is 11.5. The van der Waals surface area contributed by atoms with Crippen molar-refractivity contribution in [2.45, 2.75) is 38.1 Å². The number of urea groups is 1. The van der Waals surface area contributed by atoms with Crippen molar-refractivity contribution in [1.29, 1.82) is 0 Å². The first-order valence-electron chi connectivity index (χ1n) is 7.05. The highest BCUT2D eigenvalue weighted by Crippen LogP contribution is 2.26. The molecule has 0 spiro atoms. The van der Waals surface area contributed by atoms with Crippen LogP contribution in [0.5, 0.6) is 0 Å². The van der Waals surface area contributed by atoms with Crippen molar-refractivity contribution in [3.63, 3.8) is 0 Å². The molecule has 2 rings (SSSR count). The summed E-state index contributed by atoms with van der Waals surface area (Å²) in [7, 11) is 0. The molecule has 3 N–H and O–H groups in total. The average Bonchev–Trinajstić information content (AvgIpc) is 2.85. The summed E-state index contributed by atoms with van der Waals surface area (Å²) in [4.78, 5) is 37.7. The summed E-state index contributed by atoms with van der Waals surface area (Å²) in [6, 6.07) is -0.699. The molecule has 2 saturated heterocycles. The molecule has 7 heteroatoms. The fourth-order valence-corrected chi connectivity index (χ4v) is 3.15. The maximum Gasteiger partial charge on any atom is 0.314 e. The Morgan fingerprint density at radius 2 is 1.85 bits per heavy atom. The van der Waals surface area contributed by atoms with Gasteiger partial charge in [0.05, 0.1) is 12.3 Å². The van der Waals surface area contributed by atoms with Gasteiger partial charge in [0, 0.05) is 25.7 Å². The van der Waals surface area contributed by atoms with Crippen LogP contribution in [0.4, 0.5) is 4.79 Å². The molecule has 0 aromatic heterocycles. The van der Waals surface area contributed by atoms with Crippen LogP contribution in [-0.2, 0) is 9.59 Å².